The van der Waals surface area contributed by atoms with Crippen molar-refractivity contribution >= 4 is 58.5 Å². The fourth-order valence-electron chi connectivity index (χ4n) is 2.88. The van der Waals surface area contributed by atoms with Gasteiger partial charge in [0.1, 0.15) is 11.4 Å². The SMILES string of the molecule is CCOc1cc(/C=C2\C(=O)NC(=S)N(c3ccccc3F)C2=O)cc(Cl)c1OCC(=O)O. The van der Waals surface area contributed by atoms with Crippen molar-refractivity contribution in [3.8, 4) is 11.5 Å². The van der Waals surface area contributed by atoms with Crippen LogP contribution in [0, 0.1) is 5.82 Å². The van der Waals surface area contributed by atoms with Gasteiger partial charge in [0.2, 0.25) is 0 Å². The number of benzene rings is 2. The van der Waals surface area contributed by atoms with Crippen molar-refractivity contribution < 1.29 is 33.4 Å². The maximum Gasteiger partial charge on any atom is 0.341 e. The molecule has 11 heteroatoms. The van der Waals surface area contributed by atoms with Gasteiger partial charge in [-0.25, -0.2) is 14.1 Å². The number of halogens is 2. The van der Waals surface area contributed by atoms with Gasteiger partial charge in [0.25, 0.3) is 11.8 Å². The average molecular weight is 479 g/mol. The number of aliphatic carboxylic acids is 1. The number of amides is 2. The molecule has 2 aromatic carbocycles. The molecule has 0 atom stereocenters. The number of carbonyl (C=O) groups is 3. The van der Waals surface area contributed by atoms with E-state index in [1.807, 2.05) is 0 Å². The molecular formula is C21H16ClFN2O6S. The van der Waals surface area contributed by atoms with Crippen LogP contribution in [-0.4, -0.2) is 41.2 Å². The number of para-hydroxylation sites is 1. The molecule has 1 aliphatic heterocycles. The van der Waals surface area contributed by atoms with Crippen molar-refractivity contribution in [2.24, 2.45) is 0 Å². The summed E-state index contributed by atoms with van der Waals surface area (Å²) in [6.07, 6.45) is 1.24. The van der Waals surface area contributed by atoms with E-state index >= 15 is 0 Å². The lowest BCUT2D eigenvalue weighted by Crippen LogP contribution is -2.54. The molecule has 3 rings (SSSR count). The van der Waals surface area contributed by atoms with E-state index in [-0.39, 0.29) is 39.5 Å². The van der Waals surface area contributed by atoms with E-state index in [1.165, 1.54) is 36.4 Å². The van der Waals surface area contributed by atoms with Crippen LogP contribution >= 0.6 is 23.8 Å². The molecule has 1 saturated heterocycles. The van der Waals surface area contributed by atoms with Gasteiger partial charge in [-0.1, -0.05) is 23.7 Å². The van der Waals surface area contributed by atoms with Gasteiger partial charge in [0.15, 0.2) is 23.2 Å². The fourth-order valence-corrected chi connectivity index (χ4v) is 3.43. The number of carboxylic acids is 1. The summed E-state index contributed by atoms with van der Waals surface area (Å²) in [6, 6.07) is 8.30. The topological polar surface area (TPSA) is 105 Å². The highest BCUT2D eigenvalue weighted by Gasteiger charge is 2.35. The first-order chi connectivity index (χ1) is 15.2. The van der Waals surface area contributed by atoms with Crippen LogP contribution in [0.25, 0.3) is 6.08 Å². The first kappa shape index (κ1) is 23.2. The molecular weight excluding hydrogens is 463 g/mol. The zero-order valence-electron chi connectivity index (χ0n) is 16.6. The monoisotopic (exact) mass is 478 g/mol. The number of ether oxygens (including phenoxy) is 2. The zero-order valence-corrected chi connectivity index (χ0v) is 18.1. The molecule has 0 spiro atoms. The van der Waals surface area contributed by atoms with Gasteiger partial charge in [0, 0.05) is 0 Å². The van der Waals surface area contributed by atoms with Crippen molar-refractivity contribution in [1.29, 1.82) is 0 Å². The summed E-state index contributed by atoms with van der Waals surface area (Å²) in [5.74, 6) is -3.37. The molecule has 0 aliphatic carbocycles. The average Bonchev–Trinajstić information content (AvgIpc) is 2.72. The molecule has 8 nitrogen and oxygen atoms in total. The Morgan fingerprint density at radius 1 is 1.28 bits per heavy atom. The third kappa shape index (κ3) is 4.87. The van der Waals surface area contributed by atoms with Crippen LogP contribution in [0.3, 0.4) is 0 Å². The second kappa shape index (κ2) is 9.75. The summed E-state index contributed by atoms with van der Waals surface area (Å²) in [4.78, 5) is 37.2. The van der Waals surface area contributed by atoms with Crippen LogP contribution in [0.4, 0.5) is 10.1 Å². The number of carboxylic acid groups (broad SMARTS) is 1. The van der Waals surface area contributed by atoms with E-state index in [0.717, 1.165) is 11.0 Å². The molecule has 0 saturated carbocycles. The quantitative estimate of drug-likeness (QED) is 0.358. The minimum absolute atomic E-state index is 0.00616. The summed E-state index contributed by atoms with van der Waals surface area (Å²) < 4.78 is 24.9. The van der Waals surface area contributed by atoms with Gasteiger partial charge in [-0.2, -0.15) is 0 Å². The summed E-state index contributed by atoms with van der Waals surface area (Å²) in [5, 5.41) is 10.9. The largest absolute Gasteiger partial charge is 0.490 e. The Balaban J connectivity index is 2.03. The molecule has 0 unspecified atom stereocenters. The summed E-state index contributed by atoms with van der Waals surface area (Å²) in [7, 11) is 0. The number of hydrogen-bond donors (Lipinski definition) is 2. The maximum absolute atomic E-state index is 14.3. The van der Waals surface area contributed by atoms with Crippen LogP contribution in [0.15, 0.2) is 42.0 Å². The summed E-state index contributed by atoms with van der Waals surface area (Å²) in [6.45, 7) is 1.27. The van der Waals surface area contributed by atoms with E-state index in [0.29, 0.717) is 5.56 Å². The smallest absolute Gasteiger partial charge is 0.341 e. The number of hydrogen-bond acceptors (Lipinski definition) is 6. The van der Waals surface area contributed by atoms with E-state index in [4.69, 9.17) is 38.4 Å². The number of carbonyl (C=O) groups excluding carboxylic acids is 2. The molecule has 2 aromatic rings. The maximum atomic E-state index is 14.3. The lowest BCUT2D eigenvalue weighted by atomic mass is 10.1. The lowest BCUT2D eigenvalue weighted by molar-refractivity contribution is -0.139. The minimum Gasteiger partial charge on any atom is -0.490 e. The molecule has 1 heterocycles. The molecule has 0 radical (unpaired) electrons. The molecule has 2 N–H and O–H groups in total. The van der Waals surface area contributed by atoms with E-state index in [1.54, 1.807) is 6.92 Å². The number of anilines is 1. The van der Waals surface area contributed by atoms with Crippen LogP contribution < -0.4 is 19.7 Å². The van der Waals surface area contributed by atoms with Gasteiger partial charge in [-0.05, 0) is 55.0 Å². The Labute approximate surface area is 192 Å². The van der Waals surface area contributed by atoms with Gasteiger partial charge in [-0.3, -0.25) is 14.9 Å². The second-order valence-corrected chi connectivity index (χ2v) is 7.15. The van der Waals surface area contributed by atoms with Crippen molar-refractivity contribution in [3.63, 3.8) is 0 Å². The van der Waals surface area contributed by atoms with E-state index in [9.17, 15) is 18.8 Å². The van der Waals surface area contributed by atoms with Crippen molar-refractivity contribution in [1.82, 2.24) is 5.32 Å². The van der Waals surface area contributed by atoms with Gasteiger partial charge in [-0.15, -0.1) is 0 Å². The van der Waals surface area contributed by atoms with Crippen LogP contribution in [0.1, 0.15) is 12.5 Å². The van der Waals surface area contributed by atoms with Crippen molar-refractivity contribution in [3.05, 3.63) is 58.4 Å². The number of rotatable bonds is 7. The Hall–Kier alpha value is -3.50. The summed E-state index contributed by atoms with van der Waals surface area (Å²) >= 11 is 11.3. The highest BCUT2D eigenvalue weighted by Crippen LogP contribution is 2.37. The van der Waals surface area contributed by atoms with Gasteiger partial charge < -0.3 is 14.6 Å². The number of nitrogens with one attached hydrogen (secondary N) is 1. The van der Waals surface area contributed by atoms with Crippen molar-refractivity contribution in [2.75, 3.05) is 18.1 Å². The molecule has 166 valence electrons. The van der Waals surface area contributed by atoms with Gasteiger partial charge in [0.05, 0.1) is 17.3 Å². The predicted octanol–water partition coefficient (Wildman–Crippen LogP) is 3.17. The molecule has 1 aliphatic rings. The number of thiocarbonyl (C=S) groups is 1. The summed E-state index contributed by atoms with van der Waals surface area (Å²) in [5.41, 5.74) is -0.139. The predicted molar refractivity (Wildman–Crippen MR) is 118 cm³/mol. The second-order valence-electron chi connectivity index (χ2n) is 6.35. The minimum atomic E-state index is -1.21. The third-order valence-corrected chi connectivity index (χ3v) is 4.74. The standard InChI is InChI=1S/C21H16ClFN2O6S/c1-2-30-16-9-11(8-13(22)18(16)31-10-17(26)27)7-12-19(28)24-21(32)25(20(12)29)15-6-4-3-5-14(15)23/h3-9H,2,10H2,1H3,(H,26,27)(H,24,28,32)/b12-7+. The van der Waals surface area contributed by atoms with Crippen LogP contribution in [0.2, 0.25) is 5.02 Å². The molecule has 1 fully saturated rings. The normalized spacial score (nSPS) is 15.0. The fraction of sp³-hybridized carbons (Fsp3) is 0.143. The van der Waals surface area contributed by atoms with E-state index in [2.05, 4.69) is 5.32 Å². The Bertz CT molecular complexity index is 1150. The Morgan fingerprint density at radius 2 is 2.00 bits per heavy atom. The van der Waals surface area contributed by atoms with Crippen molar-refractivity contribution in [2.45, 2.75) is 6.92 Å². The highest BCUT2D eigenvalue weighted by molar-refractivity contribution is 7.80. The molecule has 32 heavy (non-hydrogen) atoms. The van der Waals surface area contributed by atoms with Crippen LogP contribution in [0.5, 0.6) is 11.5 Å². The Kier molecular flexibility index (Phi) is 7.06. The van der Waals surface area contributed by atoms with Gasteiger partial charge >= 0.3 is 5.97 Å². The third-order valence-electron chi connectivity index (χ3n) is 4.18. The number of nitrogens with zero attached hydrogens (tertiary/aromatic N) is 1. The molecule has 0 aromatic heterocycles. The first-order valence-corrected chi connectivity index (χ1v) is 9.98. The first-order valence-electron chi connectivity index (χ1n) is 9.19. The van der Waals surface area contributed by atoms with E-state index < -0.39 is 30.2 Å². The Morgan fingerprint density at radius 3 is 2.66 bits per heavy atom. The molecule has 0 bridgehead atoms. The zero-order chi connectivity index (χ0) is 23.4. The van der Waals surface area contributed by atoms with Crippen LogP contribution in [-0.2, 0) is 14.4 Å². The lowest BCUT2D eigenvalue weighted by Gasteiger charge is -2.29. The highest BCUT2D eigenvalue weighted by atomic mass is 35.5. The molecule has 2 amide bonds.